The quantitative estimate of drug-likeness (QED) is 0.464. The van der Waals surface area contributed by atoms with Crippen molar-refractivity contribution in [3.63, 3.8) is 0 Å². The summed E-state index contributed by atoms with van der Waals surface area (Å²) in [5.41, 5.74) is 7.57. The average Bonchev–Trinajstić information content (AvgIpc) is 3.23. The second-order valence-corrected chi connectivity index (χ2v) is 13.5. The summed E-state index contributed by atoms with van der Waals surface area (Å²) in [6.07, 6.45) is 9.70. The molecule has 1 aliphatic carbocycles. The number of sulfone groups is 1. The highest BCUT2D eigenvalue weighted by Crippen LogP contribution is 2.39. The lowest BCUT2D eigenvalue weighted by molar-refractivity contribution is 0.00822. The fourth-order valence-corrected chi connectivity index (χ4v) is 8.23. The predicted molar refractivity (Wildman–Crippen MR) is 149 cm³/mol. The molecule has 0 radical (unpaired) electrons. The molecule has 2 aliphatic heterocycles. The lowest BCUT2D eigenvalue weighted by Gasteiger charge is -2.42. The van der Waals surface area contributed by atoms with Gasteiger partial charge < -0.3 is 15.8 Å². The molecular weight excluding hydrogens is 538 g/mol. The Morgan fingerprint density at radius 2 is 1.90 bits per heavy atom. The smallest absolute Gasteiger partial charge is 0.225 e. The van der Waals surface area contributed by atoms with E-state index in [2.05, 4.69) is 20.4 Å². The van der Waals surface area contributed by atoms with Crippen molar-refractivity contribution < 1.29 is 21.9 Å². The molecule has 0 bridgehead atoms. The first-order valence-electron chi connectivity index (χ1n) is 13.4. The standard InChI is InChI=1S/C28H32F2N6O3S/c1-15-7-17(10-23(31)27(15)40(2,37)38)20-5-6-32-12-25(20)34-28-33-11-19-3-4-24(35-36(19)28)26-21(29)8-16(9-22(26)30)18-13-39-14-18/h3-6,8-9,11-12,15,17-18,20,23,25,27H,7,10,13-14,31H2,1-2H3,(H,33,34)/t15-,17+,20?,23+,25?,27-/m0/s1. The van der Waals surface area contributed by atoms with Crippen molar-refractivity contribution in [1.29, 1.82) is 0 Å². The third-order valence-corrected chi connectivity index (χ3v) is 10.2. The molecule has 12 heteroatoms. The number of nitrogens with two attached hydrogens (primary N) is 1. The van der Waals surface area contributed by atoms with Gasteiger partial charge in [-0.1, -0.05) is 13.0 Å². The van der Waals surface area contributed by atoms with Gasteiger partial charge in [-0.05, 0) is 54.5 Å². The summed E-state index contributed by atoms with van der Waals surface area (Å²) in [6.45, 7) is 2.85. The number of hydrogen-bond acceptors (Lipinski definition) is 8. The molecule has 0 amide bonds. The number of aromatic nitrogens is 3. The van der Waals surface area contributed by atoms with Gasteiger partial charge in [-0.25, -0.2) is 22.2 Å². The number of imidazole rings is 1. The Morgan fingerprint density at radius 3 is 2.55 bits per heavy atom. The first-order valence-corrected chi connectivity index (χ1v) is 15.4. The van der Waals surface area contributed by atoms with E-state index >= 15 is 8.78 Å². The van der Waals surface area contributed by atoms with Crippen LogP contribution in [0.15, 0.2) is 47.7 Å². The summed E-state index contributed by atoms with van der Waals surface area (Å²) in [4.78, 5) is 8.80. The molecule has 3 aliphatic rings. The van der Waals surface area contributed by atoms with E-state index in [9.17, 15) is 8.42 Å². The lowest BCUT2D eigenvalue weighted by atomic mass is 9.71. The van der Waals surface area contributed by atoms with Gasteiger partial charge in [-0.15, -0.1) is 0 Å². The van der Waals surface area contributed by atoms with Crippen LogP contribution in [0.1, 0.15) is 31.2 Å². The highest BCUT2D eigenvalue weighted by atomic mass is 32.2. The number of nitrogens with one attached hydrogen (secondary N) is 1. The second-order valence-electron chi connectivity index (χ2n) is 11.3. The summed E-state index contributed by atoms with van der Waals surface area (Å²) in [6, 6.07) is 5.27. The van der Waals surface area contributed by atoms with Crippen molar-refractivity contribution in [2.24, 2.45) is 28.5 Å². The van der Waals surface area contributed by atoms with Gasteiger partial charge in [-0.3, -0.25) is 4.99 Å². The van der Waals surface area contributed by atoms with E-state index in [0.29, 0.717) is 43.1 Å². The Balaban J connectivity index is 1.27. The largest absolute Gasteiger partial charge is 0.380 e. The number of hydrogen-bond donors (Lipinski definition) is 2. The number of ether oxygens (including phenoxy) is 1. The van der Waals surface area contributed by atoms with E-state index in [4.69, 9.17) is 10.5 Å². The topological polar surface area (TPSA) is 124 Å². The van der Waals surface area contributed by atoms with Crippen molar-refractivity contribution in [2.45, 2.75) is 43.0 Å². The predicted octanol–water partition coefficient (Wildman–Crippen LogP) is 3.57. The number of rotatable bonds is 6. The van der Waals surface area contributed by atoms with Gasteiger partial charge >= 0.3 is 0 Å². The van der Waals surface area contributed by atoms with Crippen LogP contribution in [0.5, 0.6) is 0 Å². The molecule has 3 N–H and O–H groups in total. The molecule has 1 aromatic carbocycles. The van der Waals surface area contributed by atoms with Crippen molar-refractivity contribution in [1.82, 2.24) is 14.6 Å². The second kappa shape index (κ2) is 10.3. The third kappa shape index (κ3) is 4.92. The number of benzene rings is 1. The van der Waals surface area contributed by atoms with Gasteiger partial charge in [0.25, 0.3) is 0 Å². The van der Waals surface area contributed by atoms with E-state index in [1.807, 2.05) is 13.0 Å². The molecule has 212 valence electrons. The van der Waals surface area contributed by atoms with Crippen LogP contribution in [0, 0.1) is 29.4 Å². The molecule has 1 saturated carbocycles. The van der Waals surface area contributed by atoms with Crippen LogP contribution < -0.4 is 11.1 Å². The van der Waals surface area contributed by atoms with Gasteiger partial charge in [-0.2, -0.15) is 9.61 Å². The molecule has 3 aromatic rings. The normalized spacial score (nSPS) is 29.0. The molecule has 1 saturated heterocycles. The first kappa shape index (κ1) is 27.0. The minimum absolute atomic E-state index is 0.00365. The monoisotopic (exact) mass is 570 g/mol. The summed E-state index contributed by atoms with van der Waals surface area (Å²) >= 11 is 0. The maximum absolute atomic E-state index is 15.1. The van der Waals surface area contributed by atoms with Crippen LogP contribution in [-0.2, 0) is 14.6 Å². The molecule has 4 heterocycles. The number of halogens is 2. The number of nitrogens with zero attached hydrogens (tertiary/aromatic N) is 4. The fraction of sp³-hybridized carbons (Fsp3) is 0.464. The van der Waals surface area contributed by atoms with Crippen LogP contribution in [-0.4, -0.2) is 66.0 Å². The SMILES string of the molecule is C[C@H]1C[C@@H](C2C=CN=CC2Nc2ncc3ccc(-c4c(F)cc(C5COC5)cc4F)nn23)C[C@@H](N)[C@H]1S(C)(=O)=O. The fourth-order valence-electron chi connectivity index (χ4n) is 6.53. The highest BCUT2D eigenvalue weighted by molar-refractivity contribution is 7.91. The molecule has 6 rings (SSSR count). The molecule has 2 aromatic heterocycles. The first-order chi connectivity index (χ1) is 19.1. The Bertz CT molecular complexity index is 1570. The van der Waals surface area contributed by atoms with Crippen LogP contribution in [0.4, 0.5) is 14.7 Å². The Kier molecular flexibility index (Phi) is 6.96. The van der Waals surface area contributed by atoms with Crippen molar-refractivity contribution in [3.05, 3.63) is 59.9 Å². The zero-order valence-corrected chi connectivity index (χ0v) is 23.1. The maximum Gasteiger partial charge on any atom is 0.225 e. The van der Waals surface area contributed by atoms with Gasteiger partial charge in [0.05, 0.1) is 47.5 Å². The van der Waals surface area contributed by atoms with Crippen LogP contribution in [0.2, 0.25) is 0 Å². The average molecular weight is 571 g/mol. The maximum atomic E-state index is 15.1. The van der Waals surface area contributed by atoms with Gasteiger partial charge in [0.15, 0.2) is 9.84 Å². The molecule has 40 heavy (non-hydrogen) atoms. The summed E-state index contributed by atoms with van der Waals surface area (Å²) in [5, 5.41) is 7.37. The van der Waals surface area contributed by atoms with Crippen molar-refractivity contribution >= 4 is 27.5 Å². The zero-order valence-electron chi connectivity index (χ0n) is 22.2. The molecule has 0 spiro atoms. The van der Waals surface area contributed by atoms with Crippen LogP contribution in [0.25, 0.3) is 16.8 Å². The van der Waals surface area contributed by atoms with Gasteiger partial charge in [0.2, 0.25) is 5.95 Å². The number of fused-ring (bicyclic) bond motifs is 1. The summed E-state index contributed by atoms with van der Waals surface area (Å²) in [7, 11) is -3.26. The van der Waals surface area contributed by atoms with E-state index in [-0.39, 0.29) is 41.0 Å². The molecule has 2 fully saturated rings. The number of aliphatic imine (C=N–C) groups is 1. The highest BCUT2D eigenvalue weighted by Gasteiger charge is 2.43. The minimum Gasteiger partial charge on any atom is -0.380 e. The van der Waals surface area contributed by atoms with E-state index in [0.717, 1.165) is 0 Å². The Hall–Kier alpha value is -3.22. The molecular formula is C28H32F2N6O3S. The van der Waals surface area contributed by atoms with E-state index in [1.54, 1.807) is 30.7 Å². The Labute approximate surface area is 231 Å². The Morgan fingerprint density at radius 1 is 1.15 bits per heavy atom. The van der Waals surface area contributed by atoms with Gasteiger partial charge in [0.1, 0.15) is 11.6 Å². The van der Waals surface area contributed by atoms with Crippen molar-refractivity contribution in [3.8, 4) is 11.3 Å². The van der Waals surface area contributed by atoms with E-state index < -0.39 is 32.8 Å². The molecule has 6 atom stereocenters. The minimum atomic E-state index is -3.26. The van der Waals surface area contributed by atoms with Gasteiger partial charge in [0, 0.05) is 36.5 Å². The lowest BCUT2D eigenvalue weighted by Crippen LogP contribution is -2.52. The molecule has 2 unspecified atom stereocenters. The summed E-state index contributed by atoms with van der Waals surface area (Å²) in [5.74, 6) is -0.927. The summed E-state index contributed by atoms with van der Waals surface area (Å²) < 4.78 is 61.5. The third-order valence-electron chi connectivity index (χ3n) is 8.44. The molecule has 9 nitrogen and oxygen atoms in total. The number of anilines is 1. The van der Waals surface area contributed by atoms with Crippen LogP contribution >= 0.6 is 0 Å². The zero-order chi connectivity index (χ0) is 28.2. The van der Waals surface area contributed by atoms with E-state index in [1.165, 1.54) is 22.9 Å². The van der Waals surface area contributed by atoms with Crippen molar-refractivity contribution in [2.75, 3.05) is 24.8 Å². The van der Waals surface area contributed by atoms with Crippen LogP contribution in [0.3, 0.4) is 0 Å².